The van der Waals surface area contributed by atoms with E-state index in [0.717, 1.165) is 57.0 Å². The molecule has 32 heavy (non-hydrogen) atoms. The minimum absolute atomic E-state index is 0.0401. The molecular formula is C28H37FN2O. The number of nitrogens with zero attached hydrogens (tertiary/aromatic N) is 1. The van der Waals surface area contributed by atoms with Gasteiger partial charge in [-0.1, -0.05) is 49.6 Å². The molecule has 0 amide bonds. The molecule has 0 radical (unpaired) electrons. The van der Waals surface area contributed by atoms with Crippen molar-refractivity contribution in [3.63, 3.8) is 0 Å². The van der Waals surface area contributed by atoms with E-state index in [4.69, 9.17) is 4.74 Å². The van der Waals surface area contributed by atoms with E-state index in [1.807, 2.05) is 0 Å². The first-order valence-electron chi connectivity index (χ1n) is 12.9. The van der Waals surface area contributed by atoms with Crippen LogP contribution in [-0.2, 0) is 6.42 Å². The second-order valence-electron chi connectivity index (χ2n) is 10.0. The van der Waals surface area contributed by atoms with E-state index in [0.29, 0.717) is 12.3 Å². The number of rotatable bonds is 7. The number of amidine groups is 1. The molecule has 0 spiro atoms. The third-order valence-corrected chi connectivity index (χ3v) is 7.95. The summed E-state index contributed by atoms with van der Waals surface area (Å²) in [4.78, 5) is 4.66. The average molecular weight is 437 g/mol. The molecule has 2 aliphatic carbocycles. The van der Waals surface area contributed by atoms with Crippen molar-refractivity contribution < 1.29 is 9.13 Å². The van der Waals surface area contributed by atoms with Crippen molar-refractivity contribution in [3.05, 3.63) is 42.0 Å². The zero-order chi connectivity index (χ0) is 21.8. The Morgan fingerprint density at radius 2 is 1.84 bits per heavy atom. The molecule has 0 bridgehead atoms. The molecule has 2 unspecified atom stereocenters. The van der Waals surface area contributed by atoms with Gasteiger partial charge in [0, 0.05) is 23.9 Å². The highest BCUT2D eigenvalue weighted by Gasteiger charge is 2.37. The Balaban J connectivity index is 1.36. The lowest BCUT2D eigenvalue weighted by Crippen LogP contribution is -2.39. The SMILES string of the molecule is F[C@H]1CCCC(C2=NCCN2)C1CCc1c(OCC2CCCCC2)ccc2ccccc12. The van der Waals surface area contributed by atoms with Gasteiger partial charge in [-0.3, -0.25) is 4.99 Å². The molecule has 0 aromatic heterocycles. The van der Waals surface area contributed by atoms with E-state index in [-0.39, 0.29) is 11.8 Å². The first-order valence-corrected chi connectivity index (χ1v) is 12.9. The van der Waals surface area contributed by atoms with Crippen molar-refractivity contribution in [2.24, 2.45) is 22.7 Å². The Labute approximate surface area is 191 Å². The topological polar surface area (TPSA) is 33.6 Å². The minimum atomic E-state index is -0.736. The summed E-state index contributed by atoms with van der Waals surface area (Å²) in [6.07, 6.45) is 10.3. The summed E-state index contributed by atoms with van der Waals surface area (Å²) in [7, 11) is 0. The van der Waals surface area contributed by atoms with Gasteiger partial charge in [0.05, 0.1) is 19.0 Å². The van der Waals surface area contributed by atoms with Crippen LogP contribution in [-0.4, -0.2) is 31.7 Å². The predicted molar refractivity (Wildman–Crippen MR) is 130 cm³/mol. The zero-order valence-corrected chi connectivity index (χ0v) is 19.2. The quantitative estimate of drug-likeness (QED) is 0.538. The standard InChI is InChI=1S/C28H37FN2O/c29-26-12-6-11-25(28-30-17-18-31-28)23(26)14-15-24-22-10-5-4-9-21(22)13-16-27(24)32-19-20-7-2-1-3-8-20/h4-5,9-10,13,16,20,23,25-26H,1-3,6-8,11-12,14-15,17-19H2,(H,30,31)/t23?,25?,26-/m0/s1. The van der Waals surface area contributed by atoms with Gasteiger partial charge in [-0.05, 0) is 67.7 Å². The predicted octanol–water partition coefficient (Wildman–Crippen LogP) is 6.49. The Bertz CT molecular complexity index is 936. The smallest absolute Gasteiger partial charge is 0.123 e. The second-order valence-corrected chi connectivity index (χ2v) is 10.0. The summed E-state index contributed by atoms with van der Waals surface area (Å²) in [5.74, 6) is 3.02. The molecule has 2 fully saturated rings. The molecule has 1 N–H and O–H groups in total. The number of benzene rings is 2. The largest absolute Gasteiger partial charge is 0.493 e. The molecule has 1 aliphatic heterocycles. The maximum atomic E-state index is 15.1. The van der Waals surface area contributed by atoms with Crippen LogP contribution < -0.4 is 10.1 Å². The van der Waals surface area contributed by atoms with Gasteiger partial charge in [-0.2, -0.15) is 0 Å². The molecule has 5 rings (SSSR count). The van der Waals surface area contributed by atoms with E-state index in [2.05, 4.69) is 46.7 Å². The third-order valence-electron chi connectivity index (χ3n) is 7.95. The Kier molecular flexibility index (Phi) is 6.95. The van der Waals surface area contributed by atoms with Crippen molar-refractivity contribution in [2.45, 2.75) is 70.4 Å². The zero-order valence-electron chi connectivity index (χ0n) is 19.2. The van der Waals surface area contributed by atoms with Gasteiger partial charge in [-0.15, -0.1) is 0 Å². The van der Waals surface area contributed by atoms with Gasteiger partial charge >= 0.3 is 0 Å². The fourth-order valence-corrected chi connectivity index (χ4v) is 6.18. The highest BCUT2D eigenvalue weighted by molar-refractivity contribution is 5.88. The van der Waals surface area contributed by atoms with Crippen molar-refractivity contribution in [1.29, 1.82) is 0 Å². The van der Waals surface area contributed by atoms with Crippen molar-refractivity contribution >= 4 is 16.6 Å². The van der Waals surface area contributed by atoms with Gasteiger partial charge in [0.2, 0.25) is 0 Å². The van der Waals surface area contributed by atoms with Gasteiger partial charge < -0.3 is 10.1 Å². The highest BCUT2D eigenvalue weighted by Crippen LogP contribution is 2.39. The average Bonchev–Trinajstić information content (AvgIpc) is 3.37. The number of alkyl halides is 1. The van der Waals surface area contributed by atoms with Crippen LogP contribution >= 0.6 is 0 Å². The Morgan fingerprint density at radius 1 is 0.969 bits per heavy atom. The van der Waals surface area contributed by atoms with Crippen LogP contribution in [0.5, 0.6) is 5.75 Å². The summed E-state index contributed by atoms with van der Waals surface area (Å²) in [5.41, 5.74) is 1.26. The van der Waals surface area contributed by atoms with E-state index in [1.54, 1.807) is 0 Å². The Hall–Kier alpha value is -2.10. The van der Waals surface area contributed by atoms with Crippen LogP contribution in [0.25, 0.3) is 10.8 Å². The molecular weight excluding hydrogens is 399 g/mol. The molecule has 2 saturated carbocycles. The first-order chi connectivity index (χ1) is 15.8. The third kappa shape index (κ3) is 4.79. The Morgan fingerprint density at radius 3 is 2.69 bits per heavy atom. The lowest BCUT2D eigenvalue weighted by atomic mass is 9.74. The number of hydrogen-bond donors (Lipinski definition) is 1. The fraction of sp³-hybridized carbons (Fsp3) is 0.607. The number of aryl methyl sites for hydroxylation is 1. The van der Waals surface area contributed by atoms with Crippen molar-refractivity contribution in [2.75, 3.05) is 19.7 Å². The molecule has 172 valence electrons. The number of ether oxygens (including phenoxy) is 1. The molecule has 1 heterocycles. The summed E-state index contributed by atoms with van der Waals surface area (Å²) < 4.78 is 21.6. The van der Waals surface area contributed by atoms with E-state index in [9.17, 15) is 0 Å². The fourth-order valence-electron chi connectivity index (χ4n) is 6.18. The van der Waals surface area contributed by atoms with Crippen LogP contribution in [0.1, 0.15) is 63.4 Å². The van der Waals surface area contributed by atoms with Gasteiger partial charge in [0.1, 0.15) is 11.9 Å². The van der Waals surface area contributed by atoms with Crippen LogP contribution in [0.15, 0.2) is 41.4 Å². The lowest BCUT2D eigenvalue weighted by Gasteiger charge is -2.34. The van der Waals surface area contributed by atoms with Crippen LogP contribution in [0.2, 0.25) is 0 Å². The molecule has 2 aromatic carbocycles. The van der Waals surface area contributed by atoms with Gasteiger partial charge in [-0.25, -0.2) is 4.39 Å². The number of aliphatic imine (C=N–C) groups is 1. The van der Waals surface area contributed by atoms with E-state index < -0.39 is 6.17 Å². The molecule has 3 nitrogen and oxygen atoms in total. The van der Waals surface area contributed by atoms with Crippen LogP contribution in [0.4, 0.5) is 4.39 Å². The molecule has 4 heteroatoms. The minimum Gasteiger partial charge on any atom is -0.493 e. The summed E-state index contributed by atoms with van der Waals surface area (Å²) in [6, 6.07) is 12.9. The maximum absolute atomic E-state index is 15.1. The van der Waals surface area contributed by atoms with Crippen LogP contribution in [0.3, 0.4) is 0 Å². The second kappa shape index (κ2) is 10.2. The first kappa shape index (κ1) is 21.7. The molecule has 0 saturated heterocycles. The molecule has 2 aromatic rings. The lowest BCUT2D eigenvalue weighted by molar-refractivity contribution is 0.129. The normalized spacial score (nSPS) is 26.7. The monoisotopic (exact) mass is 436 g/mol. The number of fused-ring (bicyclic) bond motifs is 1. The molecule has 3 atom stereocenters. The summed E-state index contributed by atoms with van der Waals surface area (Å²) >= 11 is 0. The number of nitrogens with one attached hydrogen (secondary N) is 1. The maximum Gasteiger partial charge on any atom is 0.123 e. The number of hydrogen-bond acceptors (Lipinski definition) is 3. The highest BCUT2D eigenvalue weighted by atomic mass is 19.1. The van der Waals surface area contributed by atoms with Crippen LogP contribution in [0, 0.1) is 17.8 Å². The van der Waals surface area contributed by atoms with Crippen molar-refractivity contribution in [3.8, 4) is 5.75 Å². The van der Waals surface area contributed by atoms with Gasteiger partial charge in [0.25, 0.3) is 0 Å². The van der Waals surface area contributed by atoms with E-state index in [1.165, 1.54) is 48.4 Å². The number of halogens is 1. The summed E-state index contributed by atoms with van der Waals surface area (Å²) in [5, 5.41) is 5.93. The van der Waals surface area contributed by atoms with Gasteiger partial charge in [0.15, 0.2) is 0 Å². The van der Waals surface area contributed by atoms with E-state index >= 15 is 4.39 Å². The van der Waals surface area contributed by atoms with Crippen molar-refractivity contribution in [1.82, 2.24) is 5.32 Å². The molecule has 3 aliphatic rings. The summed E-state index contributed by atoms with van der Waals surface area (Å²) in [6.45, 7) is 2.54.